The summed E-state index contributed by atoms with van der Waals surface area (Å²) in [5.41, 5.74) is -2.31. The average Bonchev–Trinajstić information content (AvgIpc) is 2.89. The number of nitrogens with zero attached hydrogens (tertiary/aromatic N) is 1. The molecule has 0 aromatic heterocycles. The van der Waals surface area contributed by atoms with E-state index in [2.05, 4.69) is 4.74 Å². The van der Waals surface area contributed by atoms with Crippen LogP contribution in [0.5, 0.6) is 0 Å². The predicted molar refractivity (Wildman–Crippen MR) is 118 cm³/mol. The molecule has 0 unspecified atom stereocenters. The lowest BCUT2D eigenvalue weighted by Gasteiger charge is -2.42. The molecule has 47 heavy (non-hydrogen) atoms. The summed E-state index contributed by atoms with van der Waals surface area (Å²) in [6, 6.07) is -0.512. The lowest BCUT2D eigenvalue weighted by Crippen LogP contribution is -2.75. The van der Waals surface area contributed by atoms with Crippen molar-refractivity contribution in [1.82, 2.24) is 0 Å². The molecule has 1 rings (SSSR count). The molecule has 0 heterocycles. The third kappa shape index (κ3) is 6.49. The zero-order valence-corrected chi connectivity index (χ0v) is 23.9. The molecule has 1 aromatic rings. The maximum Gasteiger partial charge on any atom is 0.460 e. The first-order chi connectivity index (χ1) is 20.5. The summed E-state index contributed by atoms with van der Waals surface area (Å²) >= 11 is 5.34. The van der Waals surface area contributed by atoms with E-state index in [1.807, 2.05) is 0 Å². The molecule has 0 bridgehead atoms. The molecule has 0 amide bonds. The first-order valence-electron chi connectivity index (χ1n) is 10.8. The molecule has 272 valence electrons. The van der Waals surface area contributed by atoms with Gasteiger partial charge >= 0.3 is 63.0 Å². The number of anilines is 1. The fraction of sp³-hybridized carbons (Fsp3) is 0.526. The number of alkyl halides is 17. The highest BCUT2D eigenvalue weighted by atomic mass is 35.5. The van der Waals surface area contributed by atoms with Gasteiger partial charge in [0.2, 0.25) is 0 Å². The Bertz CT molecular complexity index is 1610. The summed E-state index contributed by atoms with van der Waals surface area (Å²) < 4.78 is 293. The highest BCUT2D eigenvalue weighted by Gasteiger charge is 2.96. The minimum Gasteiger partial charge on any atom is -0.463 e. The monoisotopic (exact) mass is 789 g/mol. The molecule has 0 radical (unpaired) electrons. The van der Waals surface area contributed by atoms with Crippen molar-refractivity contribution in [3.8, 4) is 0 Å². The quantitative estimate of drug-likeness (QED) is 0.0910. The van der Waals surface area contributed by atoms with Gasteiger partial charge in [0, 0.05) is 16.5 Å². The molecule has 1 aromatic carbocycles. The molecule has 0 spiro atoms. The van der Waals surface area contributed by atoms with E-state index in [-0.39, 0.29) is 30.2 Å². The van der Waals surface area contributed by atoms with Gasteiger partial charge in [-0.3, -0.25) is 0 Å². The molecule has 0 saturated heterocycles. The van der Waals surface area contributed by atoms with E-state index in [0.29, 0.717) is 0 Å². The highest BCUT2D eigenvalue weighted by Crippen LogP contribution is 2.64. The Balaban J connectivity index is 3.83. The Morgan fingerprint density at radius 3 is 1.53 bits per heavy atom. The van der Waals surface area contributed by atoms with E-state index in [4.69, 9.17) is 11.6 Å². The van der Waals surface area contributed by atoms with Gasteiger partial charge in [0.15, 0.2) is 9.84 Å². The molecular formula is C19H10ClF18NO6S2. The summed E-state index contributed by atoms with van der Waals surface area (Å²) in [4.78, 5) is 9.74. The number of benzene rings is 1. The van der Waals surface area contributed by atoms with Crippen molar-refractivity contribution in [2.24, 2.45) is 0 Å². The lowest BCUT2D eigenvalue weighted by molar-refractivity contribution is -0.458. The second kappa shape index (κ2) is 12.2. The normalized spacial score (nSPS) is 15.2. The van der Waals surface area contributed by atoms with Crippen LogP contribution >= 0.6 is 11.6 Å². The van der Waals surface area contributed by atoms with Crippen molar-refractivity contribution in [2.75, 3.05) is 11.1 Å². The Morgan fingerprint density at radius 2 is 1.13 bits per heavy atom. The largest absolute Gasteiger partial charge is 0.463 e. The van der Waals surface area contributed by atoms with Crippen LogP contribution in [0.15, 0.2) is 34.6 Å². The van der Waals surface area contributed by atoms with Gasteiger partial charge in [-0.2, -0.15) is 83.1 Å². The number of halogens is 19. The Morgan fingerprint density at radius 1 is 0.723 bits per heavy atom. The fourth-order valence-corrected chi connectivity index (χ4v) is 5.13. The van der Waals surface area contributed by atoms with Gasteiger partial charge in [0.05, 0.1) is 17.2 Å². The van der Waals surface area contributed by atoms with Gasteiger partial charge < -0.3 is 4.74 Å². The summed E-state index contributed by atoms with van der Waals surface area (Å²) in [5, 5.41) is -9.62. The fourth-order valence-electron chi connectivity index (χ4n) is 2.78. The Hall–Kier alpha value is -2.84. The Labute approximate surface area is 253 Å². The predicted octanol–water partition coefficient (Wildman–Crippen LogP) is 7.18. The third-order valence-corrected chi connectivity index (χ3v) is 8.43. The number of hydrogen-bond acceptors (Lipinski definition) is 6. The Kier molecular flexibility index (Phi) is 11.0. The third-order valence-electron chi connectivity index (χ3n) is 5.29. The number of sulfone groups is 1. The number of ether oxygens (including phenoxy) is 1. The van der Waals surface area contributed by atoms with Crippen molar-refractivity contribution < 1.29 is 105 Å². The number of rotatable bonds is 13. The van der Waals surface area contributed by atoms with Crippen LogP contribution in [0.2, 0.25) is 5.02 Å². The van der Waals surface area contributed by atoms with E-state index < -0.39 is 99.0 Å². The van der Waals surface area contributed by atoms with Gasteiger partial charge in [0.25, 0.3) is 0 Å². The number of esters is 1. The van der Waals surface area contributed by atoms with Gasteiger partial charge in [-0.05, 0) is 25.1 Å². The molecule has 0 N–H and O–H groups in total. The van der Waals surface area contributed by atoms with Crippen molar-refractivity contribution in [2.45, 2.75) is 58.8 Å². The number of carbonyl (C=O) groups is 1. The molecule has 28 heteroatoms. The standard InChI is InChI=1S/C19H10ClF18NO6S2/c1-2-45-11(40)3-4-46(41,42)10-6-8(20)5-9(7-10)39(38)47(43,44)19(36,37)17(31,32)15(27,28)13(23,24)12(21,22)14(25,26)16(29,30)18(33,34)35/h3-7H,2H2,1H3. The van der Waals surface area contributed by atoms with Crippen molar-refractivity contribution in [3.05, 3.63) is 34.7 Å². The minimum absolute atomic E-state index is 0.0961. The average molecular weight is 790 g/mol. The molecule has 0 atom stereocenters. The van der Waals surface area contributed by atoms with E-state index in [0.717, 1.165) is 0 Å². The summed E-state index contributed by atoms with van der Waals surface area (Å²) in [6.07, 6.45) is -7.89. The summed E-state index contributed by atoms with van der Waals surface area (Å²) in [7, 11) is -13.6. The van der Waals surface area contributed by atoms with Gasteiger partial charge in [-0.25, -0.2) is 13.2 Å². The first-order valence-corrected chi connectivity index (χ1v) is 14.2. The van der Waals surface area contributed by atoms with Crippen molar-refractivity contribution in [3.63, 3.8) is 0 Å². The maximum atomic E-state index is 14.7. The lowest BCUT2D eigenvalue weighted by atomic mass is 9.91. The zero-order valence-electron chi connectivity index (χ0n) is 21.5. The van der Waals surface area contributed by atoms with Crippen molar-refractivity contribution >= 4 is 43.1 Å². The molecule has 0 fully saturated rings. The van der Waals surface area contributed by atoms with Crippen LogP contribution in [-0.2, 0) is 29.4 Å². The first kappa shape index (κ1) is 42.2. The topological polar surface area (TPSA) is 97.8 Å². The summed E-state index contributed by atoms with van der Waals surface area (Å²) in [5.74, 6) is -54.8. The summed E-state index contributed by atoms with van der Waals surface area (Å²) in [6.45, 7) is 0.881. The zero-order chi connectivity index (χ0) is 37.8. The second-order valence-electron chi connectivity index (χ2n) is 8.43. The van der Waals surface area contributed by atoms with Crippen LogP contribution in [-0.4, -0.2) is 76.4 Å². The molecular weight excluding hydrogens is 780 g/mol. The van der Waals surface area contributed by atoms with E-state index in [9.17, 15) is 101 Å². The number of carbonyl (C=O) groups excluding carboxylic acids is 1. The van der Waals surface area contributed by atoms with E-state index in [1.165, 1.54) is 6.92 Å². The molecule has 0 aliphatic carbocycles. The van der Waals surface area contributed by atoms with Crippen molar-refractivity contribution in [1.29, 1.82) is 0 Å². The van der Waals surface area contributed by atoms with Crippen LogP contribution in [0.3, 0.4) is 0 Å². The molecule has 0 saturated carbocycles. The van der Waals surface area contributed by atoms with Gasteiger partial charge in [0.1, 0.15) is 0 Å². The van der Waals surface area contributed by atoms with Crippen LogP contribution in [0, 0.1) is 0 Å². The van der Waals surface area contributed by atoms with Crippen LogP contribution in [0.4, 0.5) is 84.8 Å². The van der Waals surface area contributed by atoms with Gasteiger partial charge in [-0.1, -0.05) is 20.6 Å². The second-order valence-corrected chi connectivity index (χ2v) is 12.5. The van der Waals surface area contributed by atoms with E-state index >= 15 is 0 Å². The highest BCUT2D eigenvalue weighted by molar-refractivity contribution is 7.94. The number of sulfonamides is 1. The van der Waals surface area contributed by atoms with Gasteiger partial charge in [-0.15, -0.1) is 0 Å². The van der Waals surface area contributed by atoms with Crippen LogP contribution < -0.4 is 4.53 Å². The SMILES string of the molecule is CCOC(=O)C=CS(=O)(=O)c1cc(Cl)cc(N(F)S(=O)(=O)C(F)(F)C(F)(F)C(F)(F)C(F)(F)C(F)(F)C(F)(F)C(F)(F)C(F)(F)F)c1. The maximum absolute atomic E-state index is 14.7. The number of hydrogen-bond donors (Lipinski definition) is 0. The molecule has 0 aliphatic rings. The van der Waals surface area contributed by atoms with Crippen LogP contribution in [0.1, 0.15) is 6.92 Å². The molecule has 7 nitrogen and oxygen atoms in total. The molecule has 0 aliphatic heterocycles. The minimum atomic E-state index is -9.15. The van der Waals surface area contributed by atoms with Crippen LogP contribution in [0.25, 0.3) is 0 Å². The smallest absolute Gasteiger partial charge is 0.460 e. The van der Waals surface area contributed by atoms with E-state index in [1.54, 1.807) is 0 Å².